The lowest BCUT2D eigenvalue weighted by atomic mass is 9.98. The Morgan fingerprint density at radius 1 is 1.47 bits per heavy atom. The molecule has 0 bridgehead atoms. The van der Waals surface area contributed by atoms with Crippen molar-refractivity contribution in [1.82, 2.24) is 5.32 Å². The molecule has 1 heterocycles. The van der Waals surface area contributed by atoms with Gasteiger partial charge in [-0.3, -0.25) is 0 Å². The quantitative estimate of drug-likeness (QED) is 0.844. The van der Waals surface area contributed by atoms with E-state index in [2.05, 4.69) is 5.32 Å². The average Bonchev–Trinajstić information content (AvgIpc) is 2.72. The van der Waals surface area contributed by atoms with E-state index in [4.69, 9.17) is 0 Å². The number of benzene rings is 1. The summed E-state index contributed by atoms with van der Waals surface area (Å²) in [6, 6.07) is 4.50. The summed E-state index contributed by atoms with van der Waals surface area (Å²) in [4.78, 5) is 0.274. The van der Waals surface area contributed by atoms with Gasteiger partial charge in [0.25, 0.3) is 0 Å². The smallest absolute Gasteiger partial charge is 0.175 e. The predicted octanol–water partition coefficient (Wildman–Crippen LogP) is 0.948. The predicted molar refractivity (Wildman–Crippen MR) is 65.9 cm³/mol. The molecule has 1 aliphatic rings. The third-order valence-electron chi connectivity index (χ3n) is 3.15. The molecule has 1 aliphatic heterocycles. The summed E-state index contributed by atoms with van der Waals surface area (Å²) >= 11 is 0. The minimum atomic E-state index is -3.20. The van der Waals surface area contributed by atoms with Gasteiger partial charge >= 0.3 is 0 Å². The molecular formula is C12H17NO3S. The zero-order chi connectivity index (χ0) is 12.5. The Labute approximate surface area is 102 Å². The van der Waals surface area contributed by atoms with Crippen LogP contribution in [0, 0.1) is 5.92 Å². The van der Waals surface area contributed by atoms with E-state index >= 15 is 0 Å². The Hall–Kier alpha value is -1.07. The van der Waals surface area contributed by atoms with Gasteiger partial charge in [0.05, 0.1) is 4.90 Å². The molecule has 0 amide bonds. The summed E-state index contributed by atoms with van der Waals surface area (Å²) in [5.74, 6) is 0.667. The van der Waals surface area contributed by atoms with E-state index < -0.39 is 9.84 Å². The summed E-state index contributed by atoms with van der Waals surface area (Å²) in [6.07, 6.45) is 2.98. The van der Waals surface area contributed by atoms with Crippen LogP contribution in [0.5, 0.6) is 5.75 Å². The molecule has 0 saturated carbocycles. The fourth-order valence-electron chi connectivity index (χ4n) is 2.16. The largest absolute Gasteiger partial charge is 0.508 e. The monoisotopic (exact) mass is 255 g/mol. The first-order valence-corrected chi connectivity index (χ1v) is 7.58. The van der Waals surface area contributed by atoms with Crippen molar-refractivity contribution >= 4 is 9.84 Å². The van der Waals surface area contributed by atoms with E-state index in [9.17, 15) is 13.5 Å². The van der Waals surface area contributed by atoms with E-state index in [1.54, 1.807) is 6.07 Å². The van der Waals surface area contributed by atoms with Crippen LogP contribution in [-0.4, -0.2) is 32.9 Å². The Morgan fingerprint density at radius 2 is 2.24 bits per heavy atom. The summed E-state index contributed by atoms with van der Waals surface area (Å²) in [7, 11) is -3.20. The van der Waals surface area contributed by atoms with Crippen LogP contribution in [0.25, 0.3) is 0 Å². The minimum Gasteiger partial charge on any atom is -0.508 e. The summed E-state index contributed by atoms with van der Waals surface area (Å²) in [6.45, 7) is 1.93. The van der Waals surface area contributed by atoms with Gasteiger partial charge in [-0.2, -0.15) is 0 Å². The normalized spacial score (nSPS) is 20.6. The van der Waals surface area contributed by atoms with Gasteiger partial charge in [0, 0.05) is 6.26 Å². The molecule has 5 heteroatoms. The van der Waals surface area contributed by atoms with Gasteiger partial charge in [-0.1, -0.05) is 0 Å². The van der Waals surface area contributed by atoms with Crippen LogP contribution in [0.2, 0.25) is 0 Å². The summed E-state index contributed by atoms with van der Waals surface area (Å²) in [5.41, 5.74) is 0.724. The number of phenolic OH excluding ortho intramolecular Hbond substituents is 1. The van der Waals surface area contributed by atoms with Gasteiger partial charge in [-0.15, -0.1) is 0 Å². The van der Waals surface area contributed by atoms with E-state index in [1.165, 1.54) is 18.4 Å². The molecular weight excluding hydrogens is 238 g/mol. The number of sulfone groups is 1. The number of aromatic hydroxyl groups is 1. The van der Waals surface area contributed by atoms with Gasteiger partial charge < -0.3 is 10.4 Å². The van der Waals surface area contributed by atoms with Crippen LogP contribution in [0.15, 0.2) is 23.1 Å². The molecule has 2 N–H and O–H groups in total. The van der Waals surface area contributed by atoms with Gasteiger partial charge in [-0.05, 0) is 55.6 Å². The summed E-state index contributed by atoms with van der Waals surface area (Å²) in [5, 5.41) is 13.0. The maximum Gasteiger partial charge on any atom is 0.175 e. The number of hydrogen-bond acceptors (Lipinski definition) is 4. The van der Waals surface area contributed by atoms with Gasteiger partial charge in [0.15, 0.2) is 9.84 Å². The number of phenols is 1. The first-order valence-electron chi connectivity index (χ1n) is 5.69. The van der Waals surface area contributed by atoms with Crippen LogP contribution >= 0.6 is 0 Å². The van der Waals surface area contributed by atoms with Crippen LogP contribution in [0.3, 0.4) is 0 Å². The molecule has 1 aromatic carbocycles. The second kappa shape index (κ2) is 4.66. The summed E-state index contributed by atoms with van der Waals surface area (Å²) < 4.78 is 22.9. The molecule has 0 aromatic heterocycles. The van der Waals surface area contributed by atoms with Crippen LogP contribution < -0.4 is 5.32 Å². The van der Waals surface area contributed by atoms with E-state index in [0.29, 0.717) is 5.92 Å². The lowest BCUT2D eigenvalue weighted by Gasteiger charge is -2.11. The number of rotatable bonds is 3. The minimum absolute atomic E-state index is 0.185. The zero-order valence-corrected chi connectivity index (χ0v) is 10.6. The Kier molecular flexibility index (Phi) is 3.40. The van der Waals surface area contributed by atoms with Crippen LogP contribution in [0.4, 0.5) is 0 Å². The molecule has 1 fully saturated rings. The van der Waals surface area contributed by atoms with Crippen molar-refractivity contribution in [3.05, 3.63) is 23.8 Å². The van der Waals surface area contributed by atoms with Gasteiger partial charge in [-0.25, -0.2) is 8.42 Å². The number of hydrogen-bond donors (Lipinski definition) is 2. The van der Waals surface area contributed by atoms with E-state index in [0.717, 1.165) is 31.5 Å². The SMILES string of the molecule is CS(=O)(=O)c1ccc(O)c(CC2CCNC2)c1. The van der Waals surface area contributed by atoms with Gasteiger partial charge in [0.1, 0.15) is 5.75 Å². The second-order valence-electron chi connectivity index (χ2n) is 4.63. The highest BCUT2D eigenvalue weighted by molar-refractivity contribution is 7.90. The highest BCUT2D eigenvalue weighted by Gasteiger charge is 2.18. The van der Waals surface area contributed by atoms with Crippen molar-refractivity contribution in [2.75, 3.05) is 19.3 Å². The Bertz CT molecular complexity index is 504. The number of nitrogens with one attached hydrogen (secondary N) is 1. The topological polar surface area (TPSA) is 66.4 Å². The fourth-order valence-corrected chi connectivity index (χ4v) is 2.83. The van der Waals surface area contributed by atoms with Crippen molar-refractivity contribution < 1.29 is 13.5 Å². The molecule has 4 nitrogen and oxygen atoms in total. The lowest BCUT2D eigenvalue weighted by Crippen LogP contribution is -2.11. The van der Waals surface area contributed by atoms with Crippen molar-refractivity contribution in [2.24, 2.45) is 5.92 Å². The first kappa shape index (κ1) is 12.4. The Morgan fingerprint density at radius 3 is 2.82 bits per heavy atom. The maximum absolute atomic E-state index is 11.4. The van der Waals surface area contributed by atoms with Crippen LogP contribution in [-0.2, 0) is 16.3 Å². The molecule has 0 radical (unpaired) electrons. The maximum atomic E-state index is 11.4. The highest BCUT2D eigenvalue weighted by Crippen LogP contribution is 2.25. The molecule has 1 saturated heterocycles. The molecule has 2 rings (SSSR count). The molecule has 0 aliphatic carbocycles. The molecule has 17 heavy (non-hydrogen) atoms. The van der Waals surface area contributed by atoms with Crippen molar-refractivity contribution in [2.45, 2.75) is 17.7 Å². The standard InChI is InChI=1S/C12H17NO3S/c1-17(15,16)11-2-3-12(14)10(7-11)6-9-4-5-13-8-9/h2-3,7,9,13-14H,4-6,8H2,1H3. The second-order valence-corrected chi connectivity index (χ2v) is 6.64. The van der Waals surface area contributed by atoms with Crippen molar-refractivity contribution in [3.63, 3.8) is 0 Å². The first-order chi connectivity index (χ1) is 7.97. The third-order valence-corrected chi connectivity index (χ3v) is 4.26. The Balaban J connectivity index is 2.26. The third kappa shape index (κ3) is 2.98. The highest BCUT2D eigenvalue weighted by atomic mass is 32.2. The van der Waals surface area contributed by atoms with Crippen molar-refractivity contribution in [1.29, 1.82) is 0 Å². The molecule has 1 atom stereocenters. The molecule has 1 aromatic rings. The fraction of sp³-hybridized carbons (Fsp3) is 0.500. The molecule has 94 valence electrons. The van der Waals surface area contributed by atoms with E-state index in [-0.39, 0.29) is 10.6 Å². The zero-order valence-electron chi connectivity index (χ0n) is 9.81. The van der Waals surface area contributed by atoms with E-state index in [1.807, 2.05) is 0 Å². The van der Waals surface area contributed by atoms with Crippen molar-refractivity contribution in [3.8, 4) is 5.75 Å². The average molecular weight is 255 g/mol. The lowest BCUT2D eigenvalue weighted by molar-refractivity contribution is 0.458. The van der Waals surface area contributed by atoms with Gasteiger partial charge in [0.2, 0.25) is 0 Å². The molecule has 0 spiro atoms. The van der Waals surface area contributed by atoms with Crippen LogP contribution in [0.1, 0.15) is 12.0 Å². The molecule has 1 unspecified atom stereocenters.